The van der Waals surface area contributed by atoms with Gasteiger partial charge in [0.2, 0.25) is 0 Å². The van der Waals surface area contributed by atoms with Gasteiger partial charge < -0.3 is 10.0 Å². The highest BCUT2D eigenvalue weighted by Crippen LogP contribution is 2.59. The summed E-state index contributed by atoms with van der Waals surface area (Å²) < 4.78 is 0. The molecule has 1 atom stereocenters. The van der Waals surface area contributed by atoms with Crippen LogP contribution in [0.5, 0.6) is 0 Å². The van der Waals surface area contributed by atoms with Crippen molar-refractivity contribution in [3.63, 3.8) is 0 Å². The summed E-state index contributed by atoms with van der Waals surface area (Å²) in [5.41, 5.74) is 3.44. The third-order valence-corrected chi connectivity index (χ3v) is 7.37. The van der Waals surface area contributed by atoms with E-state index in [1.807, 2.05) is 53.4 Å². The number of hydrogen-bond donors (Lipinski definition) is 1. The third-order valence-electron chi connectivity index (χ3n) is 7.37. The van der Waals surface area contributed by atoms with Gasteiger partial charge >= 0.3 is 5.97 Å². The quantitative estimate of drug-likeness (QED) is 0.703. The molecule has 1 N–H and O–H groups in total. The number of nitrogens with zero attached hydrogens (tertiary/aromatic N) is 1. The number of aliphatic carboxylic acids is 1. The van der Waals surface area contributed by atoms with E-state index in [9.17, 15) is 14.7 Å². The number of carboxylic acid groups (broad SMARTS) is 1. The molecule has 2 aliphatic rings. The van der Waals surface area contributed by atoms with Gasteiger partial charge in [0, 0.05) is 18.7 Å². The van der Waals surface area contributed by atoms with Gasteiger partial charge in [0.1, 0.15) is 0 Å². The van der Waals surface area contributed by atoms with Crippen LogP contribution in [-0.4, -0.2) is 21.9 Å². The molecule has 1 fully saturated rings. The largest absolute Gasteiger partial charge is 0.481 e. The molecule has 0 spiro atoms. The molecule has 0 aromatic heterocycles. The Morgan fingerprint density at radius 1 is 1.07 bits per heavy atom. The van der Waals surface area contributed by atoms with E-state index in [4.69, 9.17) is 0 Å². The van der Waals surface area contributed by atoms with Gasteiger partial charge in [-0.1, -0.05) is 76.1 Å². The molecule has 158 valence electrons. The Balaban J connectivity index is 1.57. The van der Waals surface area contributed by atoms with E-state index in [1.165, 1.54) is 0 Å². The van der Waals surface area contributed by atoms with E-state index in [0.717, 1.165) is 47.9 Å². The summed E-state index contributed by atoms with van der Waals surface area (Å²) >= 11 is 0. The minimum absolute atomic E-state index is 0.0655. The van der Waals surface area contributed by atoms with E-state index in [2.05, 4.69) is 20.8 Å². The third kappa shape index (κ3) is 3.42. The van der Waals surface area contributed by atoms with Crippen molar-refractivity contribution in [1.82, 2.24) is 4.90 Å². The first kappa shape index (κ1) is 20.6. The van der Waals surface area contributed by atoms with Crippen molar-refractivity contribution in [1.29, 1.82) is 0 Å². The zero-order valence-corrected chi connectivity index (χ0v) is 18.1. The average Bonchev–Trinajstić information content (AvgIpc) is 3.30. The minimum Gasteiger partial charge on any atom is -0.481 e. The maximum Gasteiger partial charge on any atom is 0.311 e. The lowest BCUT2D eigenvalue weighted by molar-refractivity contribution is -0.145. The second kappa shape index (κ2) is 7.57. The van der Waals surface area contributed by atoms with Gasteiger partial charge in [-0.05, 0) is 46.4 Å². The van der Waals surface area contributed by atoms with E-state index in [-0.39, 0.29) is 16.7 Å². The van der Waals surface area contributed by atoms with E-state index >= 15 is 0 Å². The van der Waals surface area contributed by atoms with Crippen molar-refractivity contribution in [2.75, 3.05) is 0 Å². The molecular formula is C26H31NO3. The number of carboxylic acids is 1. The average molecular weight is 406 g/mol. The Morgan fingerprint density at radius 2 is 1.70 bits per heavy atom. The fourth-order valence-electron chi connectivity index (χ4n) is 5.65. The summed E-state index contributed by atoms with van der Waals surface area (Å²) in [6, 6.07) is 15.7. The van der Waals surface area contributed by atoms with Gasteiger partial charge in [-0.25, -0.2) is 0 Å². The predicted octanol–water partition coefficient (Wildman–Crippen LogP) is 5.62. The molecule has 1 heterocycles. The normalized spacial score (nSPS) is 19.0. The SMILES string of the molecule is CC(C)(C)C1(C(C(=O)O)c2ccc(CN3Cc4ccccc4C3=O)cc2)CCCC1. The van der Waals surface area contributed by atoms with E-state index in [0.29, 0.717) is 13.1 Å². The molecule has 0 saturated heterocycles. The van der Waals surface area contributed by atoms with Gasteiger partial charge in [0.05, 0.1) is 5.92 Å². The van der Waals surface area contributed by atoms with Crippen LogP contribution in [0.15, 0.2) is 48.5 Å². The number of fused-ring (bicyclic) bond motifs is 1. The zero-order valence-electron chi connectivity index (χ0n) is 18.1. The highest BCUT2D eigenvalue weighted by atomic mass is 16.4. The summed E-state index contributed by atoms with van der Waals surface area (Å²) in [5, 5.41) is 10.2. The summed E-state index contributed by atoms with van der Waals surface area (Å²) in [7, 11) is 0. The maximum absolute atomic E-state index is 12.6. The molecule has 30 heavy (non-hydrogen) atoms. The summed E-state index contributed by atoms with van der Waals surface area (Å²) in [6.07, 6.45) is 4.10. The fourth-order valence-corrected chi connectivity index (χ4v) is 5.65. The molecule has 2 aromatic rings. The maximum atomic E-state index is 12.6. The lowest BCUT2D eigenvalue weighted by Gasteiger charge is -2.46. The molecule has 2 aromatic carbocycles. The van der Waals surface area contributed by atoms with Gasteiger partial charge in [0.25, 0.3) is 5.91 Å². The van der Waals surface area contributed by atoms with Gasteiger partial charge in [0.15, 0.2) is 0 Å². The van der Waals surface area contributed by atoms with Crippen molar-refractivity contribution < 1.29 is 14.7 Å². The molecule has 1 amide bonds. The number of benzene rings is 2. The van der Waals surface area contributed by atoms with Crippen LogP contribution in [-0.2, 0) is 17.9 Å². The Bertz CT molecular complexity index is 949. The zero-order chi connectivity index (χ0) is 21.5. The molecular weight excluding hydrogens is 374 g/mol. The van der Waals surface area contributed by atoms with E-state index in [1.54, 1.807) is 0 Å². The second-order valence-corrected chi connectivity index (χ2v) is 9.94. The summed E-state index contributed by atoms with van der Waals surface area (Å²) in [4.78, 5) is 26.9. The minimum atomic E-state index is -0.732. The standard InChI is InChI=1S/C26H31NO3/c1-25(2,3)26(14-6-7-15-26)22(24(29)30)19-12-10-18(11-13-19)16-27-17-20-8-4-5-9-21(20)23(27)28/h4-5,8-13,22H,6-7,14-17H2,1-3H3,(H,29,30). The van der Waals surface area contributed by atoms with Crippen LogP contribution < -0.4 is 0 Å². The number of amides is 1. The van der Waals surface area contributed by atoms with E-state index < -0.39 is 11.9 Å². The Hall–Kier alpha value is -2.62. The number of carbonyl (C=O) groups excluding carboxylic acids is 1. The molecule has 0 radical (unpaired) electrons. The first-order valence-corrected chi connectivity index (χ1v) is 10.9. The molecule has 1 aliphatic heterocycles. The van der Waals surface area contributed by atoms with Crippen LogP contribution in [0.25, 0.3) is 0 Å². The van der Waals surface area contributed by atoms with Crippen molar-refractivity contribution >= 4 is 11.9 Å². The van der Waals surface area contributed by atoms with Crippen LogP contribution in [0.1, 0.15) is 79.4 Å². The smallest absolute Gasteiger partial charge is 0.311 e. The molecule has 4 heteroatoms. The van der Waals surface area contributed by atoms with Gasteiger partial charge in [-0.3, -0.25) is 9.59 Å². The molecule has 4 nitrogen and oxygen atoms in total. The summed E-state index contributed by atoms with van der Waals surface area (Å²) in [5.74, 6) is -1.17. The predicted molar refractivity (Wildman–Crippen MR) is 117 cm³/mol. The summed E-state index contributed by atoms with van der Waals surface area (Å²) in [6.45, 7) is 7.70. The number of carbonyl (C=O) groups is 2. The lowest BCUT2D eigenvalue weighted by Crippen LogP contribution is -2.42. The first-order chi connectivity index (χ1) is 14.2. The monoisotopic (exact) mass is 405 g/mol. The highest BCUT2D eigenvalue weighted by molar-refractivity contribution is 5.98. The van der Waals surface area contributed by atoms with Gasteiger partial charge in [-0.2, -0.15) is 0 Å². The molecule has 4 rings (SSSR count). The van der Waals surface area contributed by atoms with Crippen LogP contribution in [0.4, 0.5) is 0 Å². The Kier molecular flexibility index (Phi) is 5.21. The number of hydrogen-bond acceptors (Lipinski definition) is 2. The topological polar surface area (TPSA) is 57.6 Å². The lowest BCUT2D eigenvalue weighted by atomic mass is 9.57. The molecule has 1 unspecified atom stereocenters. The van der Waals surface area contributed by atoms with Crippen LogP contribution in [0, 0.1) is 10.8 Å². The van der Waals surface area contributed by atoms with Crippen molar-refractivity contribution in [3.8, 4) is 0 Å². The molecule has 1 aliphatic carbocycles. The molecule has 0 bridgehead atoms. The van der Waals surface area contributed by atoms with Crippen LogP contribution in [0.2, 0.25) is 0 Å². The Labute approximate surface area is 178 Å². The fraction of sp³-hybridized carbons (Fsp3) is 0.462. The number of rotatable bonds is 5. The van der Waals surface area contributed by atoms with Crippen molar-refractivity contribution in [3.05, 3.63) is 70.8 Å². The second-order valence-electron chi connectivity index (χ2n) is 9.94. The first-order valence-electron chi connectivity index (χ1n) is 10.9. The molecule has 1 saturated carbocycles. The Morgan fingerprint density at radius 3 is 2.27 bits per heavy atom. The van der Waals surface area contributed by atoms with Crippen LogP contribution in [0.3, 0.4) is 0 Å². The van der Waals surface area contributed by atoms with Crippen molar-refractivity contribution in [2.45, 2.75) is 65.5 Å². The van der Waals surface area contributed by atoms with Gasteiger partial charge in [-0.15, -0.1) is 0 Å². The van der Waals surface area contributed by atoms with Crippen molar-refractivity contribution in [2.24, 2.45) is 10.8 Å². The van der Waals surface area contributed by atoms with Crippen LogP contribution >= 0.6 is 0 Å². The highest BCUT2D eigenvalue weighted by Gasteiger charge is 2.52.